The predicted octanol–water partition coefficient (Wildman–Crippen LogP) is 3.96. The average molecular weight is 394 g/mol. The number of likely N-dealkylation sites (tertiary alicyclic amines) is 1. The van der Waals surface area contributed by atoms with Crippen LogP contribution in [0.25, 0.3) is 22.5 Å². The van der Waals surface area contributed by atoms with Gasteiger partial charge in [-0.1, -0.05) is 30.3 Å². The summed E-state index contributed by atoms with van der Waals surface area (Å²) in [6.45, 7) is 9.36. The largest absolute Gasteiger partial charge is 0.383 e. The molecule has 1 aliphatic rings. The number of methoxy groups -OCH3 is 1. The van der Waals surface area contributed by atoms with Crippen molar-refractivity contribution in [1.29, 1.82) is 0 Å². The van der Waals surface area contributed by atoms with Crippen LogP contribution in [0.2, 0.25) is 0 Å². The topological polar surface area (TPSA) is 48.1 Å². The van der Waals surface area contributed by atoms with Gasteiger partial charge in [0, 0.05) is 50.1 Å². The molecule has 1 aromatic carbocycles. The van der Waals surface area contributed by atoms with Gasteiger partial charge in [0.25, 0.3) is 0 Å². The average Bonchev–Trinajstić information content (AvgIpc) is 3.47. The minimum absolute atomic E-state index is 0.337. The van der Waals surface area contributed by atoms with E-state index in [1.165, 1.54) is 12.1 Å². The van der Waals surface area contributed by atoms with Crippen LogP contribution in [0.4, 0.5) is 0 Å². The standard InChI is InChI=1S/C23H31N5O/c1-18(2)28-16-21(13-25-28)23-22(20-7-5-4-6-8-20)24-17-27(23)15-19-9-10-26(14-19)11-12-29-3/h4-8,13,16-19H,9-12,14-15H2,1-3H3. The van der Waals surface area contributed by atoms with E-state index in [1.807, 2.05) is 23.3 Å². The Kier molecular flexibility index (Phi) is 6.11. The molecule has 0 spiro atoms. The van der Waals surface area contributed by atoms with Crippen LogP contribution in [0.1, 0.15) is 26.3 Å². The fourth-order valence-electron chi connectivity index (χ4n) is 4.14. The summed E-state index contributed by atoms with van der Waals surface area (Å²) in [6, 6.07) is 10.8. The zero-order chi connectivity index (χ0) is 20.2. The van der Waals surface area contributed by atoms with Crippen LogP contribution >= 0.6 is 0 Å². The summed E-state index contributed by atoms with van der Waals surface area (Å²) < 4.78 is 9.59. The first-order chi connectivity index (χ1) is 14.2. The van der Waals surface area contributed by atoms with Gasteiger partial charge in [-0.05, 0) is 32.7 Å². The first-order valence-electron chi connectivity index (χ1n) is 10.5. The summed E-state index contributed by atoms with van der Waals surface area (Å²) in [4.78, 5) is 7.32. The lowest BCUT2D eigenvalue weighted by atomic mass is 10.1. The molecular weight excluding hydrogens is 362 g/mol. The number of benzene rings is 1. The van der Waals surface area contributed by atoms with Crippen LogP contribution in [0.3, 0.4) is 0 Å². The van der Waals surface area contributed by atoms with Gasteiger partial charge in [-0.25, -0.2) is 4.98 Å². The Balaban J connectivity index is 1.63. The van der Waals surface area contributed by atoms with Gasteiger partial charge in [-0.2, -0.15) is 5.10 Å². The van der Waals surface area contributed by atoms with Gasteiger partial charge >= 0.3 is 0 Å². The minimum atomic E-state index is 0.337. The highest BCUT2D eigenvalue weighted by atomic mass is 16.5. The molecule has 3 heterocycles. The molecule has 6 nitrogen and oxygen atoms in total. The van der Waals surface area contributed by atoms with E-state index >= 15 is 0 Å². The summed E-state index contributed by atoms with van der Waals surface area (Å²) in [5.74, 6) is 0.628. The highest BCUT2D eigenvalue weighted by molar-refractivity contribution is 5.78. The molecule has 6 heteroatoms. The zero-order valence-corrected chi connectivity index (χ0v) is 17.7. The summed E-state index contributed by atoms with van der Waals surface area (Å²) in [5, 5.41) is 4.58. The molecular formula is C23H31N5O. The van der Waals surface area contributed by atoms with E-state index in [-0.39, 0.29) is 0 Å². The summed E-state index contributed by atoms with van der Waals surface area (Å²) in [6.07, 6.45) is 7.33. The SMILES string of the molecule is COCCN1CCC(Cn2cnc(-c3ccccc3)c2-c2cnn(C(C)C)c2)C1. The summed E-state index contributed by atoms with van der Waals surface area (Å²) in [5.41, 5.74) is 4.47. The Morgan fingerprint density at radius 3 is 2.72 bits per heavy atom. The highest BCUT2D eigenvalue weighted by Gasteiger charge is 2.25. The fourth-order valence-corrected chi connectivity index (χ4v) is 4.14. The summed E-state index contributed by atoms with van der Waals surface area (Å²) >= 11 is 0. The van der Waals surface area contributed by atoms with Crippen molar-refractivity contribution < 1.29 is 4.74 Å². The zero-order valence-electron chi connectivity index (χ0n) is 17.7. The Morgan fingerprint density at radius 1 is 1.17 bits per heavy atom. The van der Waals surface area contributed by atoms with E-state index in [0.29, 0.717) is 12.0 Å². The number of imidazole rings is 1. The van der Waals surface area contributed by atoms with Crippen molar-refractivity contribution in [2.45, 2.75) is 32.9 Å². The van der Waals surface area contributed by atoms with Crippen molar-refractivity contribution in [3.63, 3.8) is 0 Å². The number of nitrogens with zero attached hydrogens (tertiary/aromatic N) is 5. The van der Waals surface area contributed by atoms with Crippen molar-refractivity contribution in [1.82, 2.24) is 24.2 Å². The van der Waals surface area contributed by atoms with Crippen LogP contribution in [0.15, 0.2) is 49.1 Å². The van der Waals surface area contributed by atoms with Crippen LogP contribution in [-0.2, 0) is 11.3 Å². The second-order valence-electron chi connectivity index (χ2n) is 8.21. The van der Waals surface area contributed by atoms with Gasteiger partial charge < -0.3 is 14.2 Å². The van der Waals surface area contributed by atoms with Gasteiger partial charge in [0.15, 0.2) is 0 Å². The van der Waals surface area contributed by atoms with Gasteiger partial charge in [0.05, 0.1) is 30.5 Å². The third-order valence-electron chi connectivity index (χ3n) is 5.73. The monoisotopic (exact) mass is 393 g/mol. The maximum absolute atomic E-state index is 5.24. The Bertz CT molecular complexity index is 915. The molecule has 0 N–H and O–H groups in total. The molecule has 0 saturated carbocycles. The van der Waals surface area contributed by atoms with Gasteiger partial charge in [-0.3, -0.25) is 4.68 Å². The van der Waals surface area contributed by atoms with E-state index in [0.717, 1.165) is 49.6 Å². The Morgan fingerprint density at radius 2 is 2.00 bits per heavy atom. The number of aromatic nitrogens is 4. The quantitative estimate of drug-likeness (QED) is 0.581. The molecule has 29 heavy (non-hydrogen) atoms. The van der Waals surface area contributed by atoms with Crippen molar-refractivity contribution in [2.75, 3.05) is 33.4 Å². The lowest BCUT2D eigenvalue weighted by molar-refractivity contribution is 0.158. The van der Waals surface area contributed by atoms with E-state index < -0.39 is 0 Å². The van der Waals surface area contributed by atoms with Crippen LogP contribution in [0, 0.1) is 5.92 Å². The van der Waals surface area contributed by atoms with E-state index in [9.17, 15) is 0 Å². The molecule has 1 saturated heterocycles. The number of rotatable bonds is 8. The van der Waals surface area contributed by atoms with E-state index in [1.54, 1.807) is 7.11 Å². The van der Waals surface area contributed by atoms with Crippen LogP contribution in [0.5, 0.6) is 0 Å². The van der Waals surface area contributed by atoms with Gasteiger partial charge in [0.2, 0.25) is 0 Å². The maximum Gasteiger partial charge on any atom is 0.0964 e. The van der Waals surface area contributed by atoms with Crippen molar-refractivity contribution in [3.05, 3.63) is 49.1 Å². The molecule has 3 aromatic rings. The molecule has 154 valence electrons. The molecule has 2 aromatic heterocycles. The predicted molar refractivity (Wildman–Crippen MR) is 116 cm³/mol. The molecule has 0 amide bonds. The lowest BCUT2D eigenvalue weighted by Gasteiger charge is -2.16. The molecule has 1 atom stereocenters. The van der Waals surface area contributed by atoms with Gasteiger partial charge in [-0.15, -0.1) is 0 Å². The number of ether oxygens (including phenoxy) is 1. The third-order valence-corrected chi connectivity index (χ3v) is 5.73. The second kappa shape index (κ2) is 8.93. The molecule has 0 aliphatic carbocycles. The smallest absolute Gasteiger partial charge is 0.0964 e. The molecule has 4 rings (SSSR count). The normalized spacial score (nSPS) is 17.4. The molecule has 0 bridgehead atoms. The molecule has 0 radical (unpaired) electrons. The van der Waals surface area contributed by atoms with Crippen LogP contribution in [-0.4, -0.2) is 57.6 Å². The second-order valence-corrected chi connectivity index (χ2v) is 8.21. The van der Waals surface area contributed by atoms with Crippen molar-refractivity contribution in [2.24, 2.45) is 5.92 Å². The van der Waals surface area contributed by atoms with E-state index in [4.69, 9.17) is 9.72 Å². The third kappa shape index (κ3) is 4.43. The first kappa shape index (κ1) is 19.9. The Hall–Kier alpha value is -2.44. The molecule has 1 fully saturated rings. The van der Waals surface area contributed by atoms with Crippen LogP contribution < -0.4 is 0 Å². The first-order valence-corrected chi connectivity index (χ1v) is 10.5. The Labute approximate surface area is 173 Å². The van der Waals surface area contributed by atoms with Crippen molar-refractivity contribution in [3.8, 4) is 22.5 Å². The van der Waals surface area contributed by atoms with Crippen molar-refractivity contribution >= 4 is 0 Å². The fraction of sp³-hybridized carbons (Fsp3) is 0.478. The highest BCUT2D eigenvalue weighted by Crippen LogP contribution is 2.32. The molecule has 1 aliphatic heterocycles. The maximum atomic E-state index is 5.24. The van der Waals surface area contributed by atoms with E-state index in [2.05, 4.69) is 58.9 Å². The minimum Gasteiger partial charge on any atom is -0.383 e. The van der Waals surface area contributed by atoms with Gasteiger partial charge in [0.1, 0.15) is 0 Å². The number of hydrogen-bond acceptors (Lipinski definition) is 4. The summed E-state index contributed by atoms with van der Waals surface area (Å²) in [7, 11) is 1.77. The lowest BCUT2D eigenvalue weighted by Crippen LogP contribution is -2.25. The molecule has 1 unspecified atom stereocenters. The number of hydrogen-bond donors (Lipinski definition) is 0.